The lowest BCUT2D eigenvalue weighted by Crippen LogP contribution is -2.58. The lowest BCUT2D eigenvalue weighted by Gasteiger charge is -2.48. The van der Waals surface area contributed by atoms with E-state index in [2.05, 4.69) is 0 Å². The van der Waals surface area contributed by atoms with Crippen LogP contribution in [0.15, 0.2) is 0 Å². The van der Waals surface area contributed by atoms with E-state index in [1.165, 1.54) is 0 Å². The smallest absolute Gasteiger partial charge is 0.410 e. The lowest BCUT2D eigenvalue weighted by atomic mass is 9.71. The molecule has 1 aliphatic carbocycles. The summed E-state index contributed by atoms with van der Waals surface area (Å²) in [5, 5.41) is 10.8. The third-order valence-electron chi connectivity index (χ3n) is 5.91. The van der Waals surface area contributed by atoms with Crippen LogP contribution in [0.1, 0.15) is 65.7 Å². The van der Waals surface area contributed by atoms with Crippen molar-refractivity contribution in [2.24, 2.45) is 5.92 Å². The fraction of sp³-hybridized carbons (Fsp3) is 0.895. The highest BCUT2D eigenvalue weighted by molar-refractivity contribution is 5.86. The summed E-state index contributed by atoms with van der Waals surface area (Å²) in [5.41, 5.74) is -1.15. The van der Waals surface area contributed by atoms with Crippen LogP contribution in [0.2, 0.25) is 0 Å². The second-order valence-electron chi connectivity index (χ2n) is 8.91. The Kier molecular flexibility index (Phi) is 5.02. The maximum atomic E-state index is 13.1. The number of hydrogen-bond donors (Lipinski definition) is 1. The van der Waals surface area contributed by atoms with E-state index in [9.17, 15) is 14.7 Å². The van der Waals surface area contributed by atoms with Crippen LogP contribution >= 0.6 is 0 Å². The zero-order valence-electron chi connectivity index (χ0n) is 15.8. The normalized spacial score (nSPS) is 33.1. The van der Waals surface area contributed by atoms with Crippen molar-refractivity contribution < 1.29 is 19.4 Å². The summed E-state index contributed by atoms with van der Waals surface area (Å²) in [5.74, 6) is 0.200. The Balaban J connectivity index is 1.65. The standard InChI is InChI=1S/C19H32N2O4/c1-18(2,3)25-17(23)21-11-6-8-15(21)16(22)20-12-10-19(24)9-5-4-7-14(19)13-20/h14-15,24H,4-13H2,1-3H3/t14-,15?,19-/m0/s1. The number of amides is 2. The lowest BCUT2D eigenvalue weighted by molar-refractivity contribution is -0.147. The molecule has 1 N–H and O–H groups in total. The van der Waals surface area contributed by atoms with Crippen LogP contribution in [0.4, 0.5) is 4.79 Å². The minimum Gasteiger partial charge on any atom is -0.444 e. The Morgan fingerprint density at radius 3 is 2.56 bits per heavy atom. The van der Waals surface area contributed by atoms with Crippen molar-refractivity contribution in [3.8, 4) is 0 Å². The summed E-state index contributed by atoms with van der Waals surface area (Å²) in [6.45, 7) is 7.30. The van der Waals surface area contributed by atoms with E-state index >= 15 is 0 Å². The van der Waals surface area contributed by atoms with Crippen molar-refractivity contribution in [3.05, 3.63) is 0 Å². The molecule has 142 valence electrons. The molecule has 3 aliphatic rings. The Bertz CT molecular complexity index is 530. The quantitative estimate of drug-likeness (QED) is 0.787. The molecule has 0 spiro atoms. The molecule has 6 heteroatoms. The SMILES string of the molecule is CC(C)(C)OC(=O)N1CCCC1C(=O)N1CC[C@@]2(O)CCCC[C@H]2C1. The van der Waals surface area contributed by atoms with Crippen molar-refractivity contribution >= 4 is 12.0 Å². The van der Waals surface area contributed by atoms with Crippen molar-refractivity contribution in [2.75, 3.05) is 19.6 Å². The van der Waals surface area contributed by atoms with Gasteiger partial charge in [0, 0.05) is 25.6 Å². The molecule has 0 aromatic rings. The Morgan fingerprint density at radius 1 is 1.08 bits per heavy atom. The Labute approximate surface area is 150 Å². The molecular formula is C19H32N2O4. The van der Waals surface area contributed by atoms with E-state index < -0.39 is 23.3 Å². The average molecular weight is 352 g/mol. The van der Waals surface area contributed by atoms with Crippen LogP contribution < -0.4 is 0 Å². The van der Waals surface area contributed by atoms with Crippen LogP contribution in [0.5, 0.6) is 0 Å². The van der Waals surface area contributed by atoms with Gasteiger partial charge in [-0.25, -0.2) is 4.79 Å². The second-order valence-corrected chi connectivity index (χ2v) is 8.91. The van der Waals surface area contributed by atoms with Gasteiger partial charge in [-0.15, -0.1) is 0 Å². The van der Waals surface area contributed by atoms with Crippen LogP contribution in [-0.4, -0.2) is 63.8 Å². The van der Waals surface area contributed by atoms with Gasteiger partial charge in [-0.05, 0) is 52.9 Å². The van der Waals surface area contributed by atoms with Crippen LogP contribution in [0, 0.1) is 5.92 Å². The highest BCUT2D eigenvalue weighted by Crippen LogP contribution is 2.40. The third kappa shape index (κ3) is 3.94. The molecule has 1 unspecified atom stereocenters. The minimum atomic E-state index is -0.588. The molecule has 2 saturated heterocycles. The van der Waals surface area contributed by atoms with Gasteiger partial charge < -0.3 is 14.7 Å². The molecule has 1 saturated carbocycles. The molecule has 2 aliphatic heterocycles. The van der Waals surface area contributed by atoms with Crippen LogP contribution in [-0.2, 0) is 9.53 Å². The first-order chi connectivity index (χ1) is 11.7. The van der Waals surface area contributed by atoms with Crippen molar-refractivity contribution in [1.82, 2.24) is 9.80 Å². The average Bonchev–Trinajstić information content (AvgIpc) is 3.01. The van der Waals surface area contributed by atoms with Gasteiger partial charge in [0.1, 0.15) is 11.6 Å². The molecule has 3 atom stereocenters. The van der Waals surface area contributed by atoms with Gasteiger partial charge in [0.2, 0.25) is 5.91 Å². The summed E-state index contributed by atoms with van der Waals surface area (Å²) in [7, 11) is 0. The number of aliphatic hydroxyl groups is 1. The molecule has 0 aromatic carbocycles. The van der Waals surface area contributed by atoms with E-state index in [0.717, 1.165) is 32.1 Å². The topological polar surface area (TPSA) is 70.1 Å². The molecule has 0 radical (unpaired) electrons. The third-order valence-corrected chi connectivity index (χ3v) is 5.91. The van der Waals surface area contributed by atoms with Crippen molar-refractivity contribution in [2.45, 2.75) is 83.0 Å². The van der Waals surface area contributed by atoms with E-state index in [0.29, 0.717) is 32.5 Å². The van der Waals surface area contributed by atoms with Crippen LogP contribution in [0.3, 0.4) is 0 Å². The van der Waals surface area contributed by atoms with Gasteiger partial charge in [-0.3, -0.25) is 9.69 Å². The summed E-state index contributed by atoms with van der Waals surface area (Å²) in [4.78, 5) is 29.0. The van der Waals surface area contributed by atoms with Gasteiger partial charge >= 0.3 is 6.09 Å². The summed E-state index contributed by atoms with van der Waals surface area (Å²) in [6.07, 6.45) is 5.84. The molecule has 2 amide bonds. The van der Waals surface area contributed by atoms with Gasteiger partial charge in [-0.1, -0.05) is 12.8 Å². The summed E-state index contributed by atoms with van der Waals surface area (Å²) >= 11 is 0. The van der Waals surface area contributed by atoms with Gasteiger partial charge in [-0.2, -0.15) is 0 Å². The number of ether oxygens (including phenoxy) is 1. The van der Waals surface area contributed by atoms with Gasteiger partial charge in [0.05, 0.1) is 5.60 Å². The molecule has 6 nitrogen and oxygen atoms in total. The zero-order valence-corrected chi connectivity index (χ0v) is 15.8. The van der Waals surface area contributed by atoms with E-state index in [1.807, 2.05) is 25.7 Å². The first-order valence-corrected chi connectivity index (χ1v) is 9.70. The number of carbonyl (C=O) groups excluding carboxylic acids is 2. The maximum Gasteiger partial charge on any atom is 0.410 e. The maximum absolute atomic E-state index is 13.1. The molecule has 3 rings (SSSR count). The highest BCUT2D eigenvalue weighted by Gasteiger charge is 2.46. The molecule has 2 heterocycles. The first kappa shape index (κ1) is 18.5. The predicted molar refractivity (Wildman–Crippen MR) is 94.1 cm³/mol. The van der Waals surface area contributed by atoms with Gasteiger partial charge in [0.25, 0.3) is 0 Å². The summed E-state index contributed by atoms with van der Waals surface area (Å²) in [6, 6.07) is -0.412. The van der Waals surface area contributed by atoms with E-state index in [-0.39, 0.29) is 11.8 Å². The Hall–Kier alpha value is -1.30. The van der Waals surface area contributed by atoms with Crippen molar-refractivity contribution in [1.29, 1.82) is 0 Å². The molecule has 3 fully saturated rings. The molecule has 25 heavy (non-hydrogen) atoms. The number of carbonyl (C=O) groups is 2. The van der Waals surface area contributed by atoms with Crippen LogP contribution in [0.25, 0.3) is 0 Å². The second kappa shape index (κ2) is 6.78. The predicted octanol–water partition coefficient (Wildman–Crippen LogP) is 2.54. The summed E-state index contributed by atoms with van der Waals surface area (Å²) < 4.78 is 5.47. The number of hydrogen-bond acceptors (Lipinski definition) is 4. The number of rotatable bonds is 1. The fourth-order valence-corrected chi connectivity index (χ4v) is 4.54. The fourth-order valence-electron chi connectivity index (χ4n) is 4.54. The van der Waals surface area contributed by atoms with Gasteiger partial charge in [0.15, 0.2) is 0 Å². The Morgan fingerprint density at radius 2 is 1.84 bits per heavy atom. The number of likely N-dealkylation sites (tertiary alicyclic amines) is 2. The monoisotopic (exact) mass is 352 g/mol. The van der Waals surface area contributed by atoms with E-state index in [1.54, 1.807) is 4.90 Å². The number of piperidine rings is 1. The molecule has 0 aromatic heterocycles. The van der Waals surface area contributed by atoms with Crippen molar-refractivity contribution in [3.63, 3.8) is 0 Å². The largest absolute Gasteiger partial charge is 0.444 e. The zero-order chi connectivity index (χ0) is 18.2. The first-order valence-electron chi connectivity index (χ1n) is 9.70. The van der Waals surface area contributed by atoms with E-state index in [4.69, 9.17) is 4.74 Å². The minimum absolute atomic E-state index is 0.0241. The molecular weight excluding hydrogens is 320 g/mol. The number of nitrogens with zero attached hydrogens (tertiary/aromatic N) is 2. The molecule has 0 bridgehead atoms. The number of fused-ring (bicyclic) bond motifs is 1. The highest BCUT2D eigenvalue weighted by atomic mass is 16.6.